The quantitative estimate of drug-likeness (QED) is 0.698. The van der Waals surface area contributed by atoms with E-state index in [2.05, 4.69) is 6.92 Å². The molecule has 0 aliphatic heterocycles. The molecule has 2 N–H and O–H groups in total. The molecule has 126 valence electrons. The van der Waals surface area contributed by atoms with E-state index in [0.29, 0.717) is 22.4 Å². The summed E-state index contributed by atoms with van der Waals surface area (Å²) in [6.45, 7) is 4.68. The number of hydrogen-bond acceptors (Lipinski definition) is 4. The molecule has 1 aromatic rings. The first-order chi connectivity index (χ1) is 10.4. The predicted octanol–water partition coefficient (Wildman–Crippen LogP) is 3.64. The molecule has 0 saturated heterocycles. The topological polar surface area (TPSA) is 76.0 Å². The molecule has 0 fully saturated rings. The van der Waals surface area contributed by atoms with E-state index in [1.807, 2.05) is 0 Å². The minimum atomic E-state index is -1.05. The molecular weight excluding hydrogens is 331 g/mol. The number of ether oxygens (including phenoxy) is 2. The van der Waals surface area contributed by atoms with Gasteiger partial charge in [0.2, 0.25) is 0 Å². The van der Waals surface area contributed by atoms with Gasteiger partial charge < -0.3 is 19.7 Å². The summed E-state index contributed by atoms with van der Waals surface area (Å²) in [4.78, 5) is 10.2. The Kier molecular flexibility index (Phi) is 12.0. The molecule has 1 atom stereocenters. The predicted molar refractivity (Wildman–Crippen MR) is 87.0 cm³/mol. The van der Waals surface area contributed by atoms with E-state index in [1.165, 1.54) is 12.1 Å². The standard InChI is InChI=1S/C8H6Cl2O3.C7H16O2/c9-5-1-2-7(6(10)3-5)13-4-8(11)12;1-3-4-5-9-6-7(2)8/h1-3H,4H2,(H,11,12);7-8H,3-6H2,1-2H3. The van der Waals surface area contributed by atoms with Gasteiger partial charge in [0, 0.05) is 11.6 Å². The molecule has 0 saturated carbocycles. The molecule has 1 unspecified atom stereocenters. The Balaban J connectivity index is 0.000000433. The smallest absolute Gasteiger partial charge is 0.341 e. The van der Waals surface area contributed by atoms with Crippen molar-refractivity contribution in [2.24, 2.45) is 0 Å². The fourth-order valence-corrected chi connectivity index (χ4v) is 1.70. The van der Waals surface area contributed by atoms with Crippen molar-refractivity contribution in [3.63, 3.8) is 0 Å². The highest BCUT2D eigenvalue weighted by molar-refractivity contribution is 6.35. The van der Waals surface area contributed by atoms with Gasteiger partial charge in [0.05, 0.1) is 17.7 Å². The Labute approximate surface area is 140 Å². The Bertz CT molecular complexity index is 438. The zero-order valence-electron chi connectivity index (χ0n) is 12.7. The van der Waals surface area contributed by atoms with Gasteiger partial charge in [-0.2, -0.15) is 0 Å². The molecule has 0 bridgehead atoms. The van der Waals surface area contributed by atoms with Crippen molar-refractivity contribution < 1.29 is 24.5 Å². The molecule has 22 heavy (non-hydrogen) atoms. The van der Waals surface area contributed by atoms with Gasteiger partial charge in [-0.25, -0.2) is 4.79 Å². The van der Waals surface area contributed by atoms with Crippen LogP contribution >= 0.6 is 23.2 Å². The van der Waals surface area contributed by atoms with Crippen molar-refractivity contribution in [2.75, 3.05) is 19.8 Å². The molecule has 0 radical (unpaired) electrons. The summed E-state index contributed by atoms with van der Waals surface area (Å²) in [7, 11) is 0. The van der Waals surface area contributed by atoms with Crippen LogP contribution in [-0.4, -0.2) is 42.1 Å². The normalized spacial score (nSPS) is 11.3. The van der Waals surface area contributed by atoms with Crippen LogP contribution in [0.1, 0.15) is 26.7 Å². The lowest BCUT2D eigenvalue weighted by Crippen LogP contribution is -2.10. The molecule has 5 nitrogen and oxygen atoms in total. The van der Waals surface area contributed by atoms with Crippen LogP contribution < -0.4 is 4.74 Å². The molecule has 0 aromatic heterocycles. The summed E-state index contributed by atoms with van der Waals surface area (Å²) in [6, 6.07) is 4.58. The third-order valence-electron chi connectivity index (χ3n) is 2.25. The first kappa shape index (κ1) is 21.0. The molecule has 0 amide bonds. The number of benzene rings is 1. The van der Waals surface area contributed by atoms with Gasteiger partial charge in [0.25, 0.3) is 0 Å². The highest BCUT2D eigenvalue weighted by atomic mass is 35.5. The molecule has 0 aliphatic rings. The van der Waals surface area contributed by atoms with Gasteiger partial charge in [-0.05, 0) is 31.5 Å². The highest BCUT2D eigenvalue weighted by Gasteiger charge is 2.04. The maximum Gasteiger partial charge on any atom is 0.341 e. The summed E-state index contributed by atoms with van der Waals surface area (Å²) in [5.74, 6) is -0.737. The number of carboxylic acids is 1. The van der Waals surface area contributed by atoms with Gasteiger partial charge in [0.15, 0.2) is 6.61 Å². The first-order valence-electron chi connectivity index (χ1n) is 6.92. The molecule has 0 aliphatic carbocycles. The maximum atomic E-state index is 10.2. The largest absolute Gasteiger partial charge is 0.480 e. The molecule has 1 aromatic carbocycles. The van der Waals surface area contributed by atoms with Crippen LogP contribution in [0.3, 0.4) is 0 Å². The zero-order valence-corrected chi connectivity index (χ0v) is 14.2. The van der Waals surface area contributed by atoms with Gasteiger partial charge >= 0.3 is 5.97 Å². The van der Waals surface area contributed by atoms with Crippen molar-refractivity contribution in [3.05, 3.63) is 28.2 Å². The summed E-state index contributed by atoms with van der Waals surface area (Å²) < 4.78 is 9.95. The fourth-order valence-electron chi connectivity index (χ4n) is 1.23. The summed E-state index contributed by atoms with van der Waals surface area (Å²) in [5, 5.41) is 17.8. The number of rotatable bonds is 8. The molecule has 0 heterocycles. The van der Waals surface area contributed by atoms with Crippen molar-refractivity contribution in [1.29, 1.82) is 0 Å². The van der Waals surface area contributed by atoms with E-state index in [-0.39, 0.29) is 6.10 Å². The number of aliphatic hydroxyl groups excluding tert-OH is 1. The van der Waals surface area contributed by atoms with E-state index in [4.69, 9.17) is 42.9 Å². The highest BCUT2D eigenvalue weighted by Crippen LogP contribution is 2.27. The van der Waals surface area contributed by atoms with Crippen molar-refractivity contribution in [3.8, 4) is 5.75 Å². The van der Waals surface area contributed by atoms with E-state index in [1.54, 1.807) is 13.0 Å². The van der Waals surface area contributed by atoms with Gasteiger partial charge in [0.1, 0.15) is 5.75 Å². The first-order valence-corrected chi connectivity index (χ1v) is 7.67. The van der Waals surface area contributed by atoms with Gasteiger partial charge in [-0.3, -0.25) is 0 Å². The van der Waals surface area contributed by atoms with Crippen LogP contribution in [0, 0.1) is 0 Å². The number of hydrogen-bond donors (Lipinski definition) is 2. The Morgan fingerprint density at radius 2 is 2.05 bits per heavy atom. The summed E-state index contributed by atoms with van der Waals surface area (Å²) in [5.41, 5.74) is 0. The third-order valence-corrected chi connectivity index (χ3v) is 2.78. The van der Waals surface area contributed by atoms with Gasteiger partial charge in [-0.15, -0.1) is 0 Å². The lowest BCUT2D eigenvalue weighted by molar-refractivity contribution is -0.139. The number of carbonyl (C=O) groups is 1. The molecule has 0 spiro atoms. The van der Waals surface area contributed by atoms with E-state index in [9.17, 15) is 4.79 Å². The fraction of sp³-hybridized carbons (Fsp3) is 0.533. The van der Waals surface area contributed by atoms with E-state index in [0.717, 1.165) is 19.4 Å². The lowest BCUT2D eigenvalue weighted by atomic mass is 10.3. The van der Waals surface area contributed by atoms with Crippen LogP contribution in [0.5, 0.6) is 5.75 Å². The van der Waals surface area contributed by atoms with E-state index >= 15 is 0 Å². The molecular formula is C15H22Cl2O5. The maximum absolute atomic E-state index is 10.2. The average molecular weight is 353 g/mol. The number of unbranched alkanes of at least 4 members (excludes halogenated alkanes) is 1. The monoisotopic (exact) mass is 352 g/mol. The minimum Gasteiger partial charge on any atom is -0.480 e. The number of carboxylic acid groups (broad SMARTS) is 1. The van der Waals surface area contributed by atoms with Crippen LogP contribution in [-0.2, 0) is 9.53 Å². The molecule has 1 rings (SSSR count). The number of aliphatic hydroxyl groups is 1. The Morgan fingerprint density at radius 1 is 1.36 bits per heavy atom. The third kappa shape index (κ3) is 11.6. The lowest BCUT2D eigenvalue weighted by Gasteiger charge is -2.04. The van der Waals surface area contributed by atoms with Gasteiger partial charge in [-0.1, -0.05) is 36.5 Å². The van der Waals surface area contributed by atoms with E-state index < -0.39 is 12.6 Å². The Morgan fingerprint density at radius 3 is 2.55 bits per heavy atom. The second kappa shape index (κ2) is 12.5. The second-order valence-corrected chi connectivity index (χ2v) is 5.38. The molecule has 7 heteroatoms. The summed E-state index contributed by atoms with van der Waals surface area (Å²) in [6.07, 6.45) is 1.92. The number of aliphatic carboxylic acids is 1. The van der Waals surface area contributed by atoms with Crippen molar-refractivity contribution >= 4 is 29.2 Å². The van der Waals surface area contributed by atoms with Crippen LogP contribution in [0.15, 0.2) is 18.2 Å². The SMILES string of the molecule is CCCCOCC(C)O.O=C(O)COc1ccc(Cl)cc1Cl. The van der Waals surface area contributed by atoms with Crippen LogP contribution in [0.2, 0.25) is 10.0 Å². The second-order valence-electron chi connectivity index (χ2n) is 4.53. The van der Waals surface area contributed by atoms with Crippen LogP contribution in [0.4, 0.5) is 0 Å². The summed E-state index contributed by atoms with van der Waals surface area (Å²) >= 11 is 11.3. The van der Waals surface area contributed by atoms with Crippen LogP contribution in [0.25, 0.3) is 0 Å². The van der Waals surface area contributed by atoms with Crippen molar-refractivity contribution in [2.45, 2.75) is 32.8 Å². The van der Waals surface area contributed by atoms with Crippen molar-refractivity contribution in [1.82, 2.24) is 0 Å². The zero-order chi connectivity index (χ0) is 17.0. The Hall–Kier alpha value is -1.01. The minimum absolute atomic E-state index is 0.300. The average Bonchev–Trinajstić information content (AvgIpc) is 2.43. The number of halogens is 2.